The van der Waals surface area contributed by atoms with E-state index in [1.807, 2.05) is 52.0 Å². The average Bonchev–Trinajstić information content (AvgIpc) is 3.02. The zero-order valence-corrected chi connectivity index (χ0v) is 13.1. The topological polar surface area (TPSA) is 82.3 Å². The molecule has 22 heavy (non-hydrogen) atoms. The molecule has 0 radical (unpaired) electrons. The van der Waals surface area contributed by atoms with E-state index >= 15 is 0 Å². The quantitative estimate of drug-likeness (QED) is 0.836. The molecule has 0 bridgehead atoms. The van der Waals surface area contributed by atoms with Gasteiger partial charge in [-0.3, -0.25) is 0 Å². The van der Waals surface area contributed by atoms with Crippen LogP contribution in [0.2, 0.25) is 0 Å². The minimum atomic E-state index is -0.389. The van der Waals surface area contributed by atoms with Gasteiger partial charge in [-0.15, -0.1) is 15.0 Å². The Balaban J connectivity index is 1.81. The fraction of sp³-hybridized carbons (Fsp3) is 0.500. The van der Waals surface area contributed by atoms with Crippen molar-refractivity contribution >= 4 is 12.6 Å². The van der Waals surface area contributed by atoms with Gasteiger partial charge >= 0.3 is 7.12 Å². The smallest absolute Gasteiger partial charge is 0.399 e. The summed E-state index contributed by atoms with van der Waals surface area (Å²) in [4.78, 5) is 1.12. The summed E-state index contributed by atoms with van der Waals surface area (Å²) >= 11 is 0. The minimum Gasteiger partial charge on any atom is -0.399 e. The predicted molar refractivity (Wildman–Crippen MR) is 81.2 cm³/mol. The van der Waals surface area contributed by atoms with Gasteiger partial charge in [0.15, 0.2) is 6.73 Å². The average molecular weight is 302 g/mol. The Morgan fingerprint density at radius 1 is 1.09 bits per heavy atom. The molecule has 1 aliphatic rings. The third-order valence-electron chi connectivity index (χ3n) is 4.27. The molecule has 2 heterocycles. The molecule has 3 rings (SSSR count). The maximum Gasteiger partial charge on any atom is 0.494 e. The van der Waals surface area contributed by atoms with Crippen molar-refractivity contribution < 1.29 is 14.4 Å². The second kappa shape index (κ2) is 5.15. The molecule has 2 aromatic rings. The highest BCUT2D eigenvalue weighted by Gasteiger charge is 2.51. The molecule has 1 saturated heterocycles. The second-order valence-corrected chi connectivity index (χ2v) is 6.34. The Labute approximate surface area is 129 Å². The summed E-state index contributed by atoms with van der Waals surface area (Å²) in [5, 5.41) is 20.6. The molecular weight excluding hydrogens is 283 g/mol. The summed E-state index contributed by atoms with van der Waals surface area (Å²) in [6.07, 6.45) is 0. The van der Waals surface area contributed by atoms with E-state index in [4.69, 9.17) is 14.4 Å². The largest absolute Gasteiger partial charge is 0.494 e. The maximum absolute atomic E-state index is 8.95. The van der Waals surface area contributed by atoms with Crippen LogP contribution >= 0.6 is 0 Å². The van der Waals surface area contributed by atoms with Crippen molar-refractivity contribution in [1.29, 1.82) is 0 Å². The summed E-state index contributed by atoms with van der Waals surface area (Å²) in [6.45, 7) is 7.81. The van der Waals surface area contributed by atoms with E-state index in [9.17, 15) is 0 Å². The van der Waals surface area contributed by atoms with Crippen LogP contribution in [0.3, 0.4) is 0 Å². The molecule has 116 valence electrons. The van der Waals surface area contributed by atoms with E-state index in [-0.39, 0.29) is 25.1 Å². The number of tetrazole rings is 1. The zero-order valence-electron chi connectivity index (χ0n) is 13.1. The molecule has 0 amide bonds. The van der Waals surface area contributed by atoms with Gasteiger partial charge < -0.3 is 14.4 Å². The normalized spacial score (nSPS) is 19.6. The Bertz CT molecular complexity index is 653. The van der Waals surface area contributed by atoms with Crippen molar-refractivity contribution in [2.45, 2.75) is 45.6 Å². The van der Waals surface area contributed by atoms with Crippen molar-refractivity contribution in [3.8, 4) is 11.4 Å². The van der Waals surface area contributed by atoms with E-state index < -0.39 is 0 Å². The molecule has 1 N–H and O–H groups in total. The first-order valence-electron chi connectivity index (χ1n) is 7.17. The third-order valence-corrected chi connectivity index (χ3v) is 4.27. The SMILES string of the molecule is CC1(C)OB(c2ccc(-c3nnn(CO)n3)cc2)OC1(C)C. The van der Waals surface area contributed by atoms with Gasteiger partial charge in [-0.25, -0.2) is 0 Å². The van der Waals surface area contributed by atoms with E-state index in [0.717, 1.165) is 15.8 Å². The number of aliphatic hydroxyl groups is 1. The van der Waals surface area contributed by atoms with Crippen molar-refractivity contribution in [1.82, 2.24) is 20.2 Å². The van der Waals surface area contributed by atoms with Gasteiger partial charge in [0.2, 0.25) is 5.82 Å². The molecule has 1 aliphatic heterocycles. The number of benzene rings is 1. The number of hydrogen-bond donors (Lipinski definition) is 1. The minimum absolute atomic E-state index is 0.293. The molecule has 0 unspecified atom stereocenters. The van der Waals surface area contributed by atoms with Crippen molar-refractivity contribution in [3.63, 3.8) is 0 Å². The first-order chi connectivity index (χ1) is 10.3. The van der Waals surface area contributed by atoms with Crippen LogP contribution in [0.15, 0.2) is 24.3 Å². The molecule has 0 atom stereocenters. The highest BCUT2D eigenvalue weighted by molar-refractivity contribution is 6.62. The molecule has 0 saturated carbocycles. The Kier molecular flexibility index (Phi) is 3.55. The van der Waals surface area contributed by atoms with Gasteiger partial charge in [0.25, 0.3) is 0 Å². The van der Waals surface area contributed by atoms with Crippen LogP contribution in [0.25, 0.3) is 11.4 Å². The Morgan fingerprint density at radius 3 is 2.18 bits per heavy atom. The third kappa shape index (κ3) is 2.53. The predicted octanol–water partition coefficient (Wildman–Crippen LogP) is 0.589. The summed E-state index contributed by atoms with van der Waals surface area (Å²) in [6, 6.07) is 7.63. The lowest BCUT2D eigenvalue weighted by Gasteiger charge is -2.32. The highest BCUT2D eigenvalue weighted by atomic mass is 16.7. The Morgan fingerprint density at radius 2 is 1.68 bits per heavy atom. The number of rotatable bonds is 3. The first-order valence-corrected chi connectivity index (χ1v) is 7.17. The van der Waals surface area contributed by atoms with Gasteiger partial charge in [-0.2, -0.15) is 0 Å². The fourth-order valence-electron chi connectivity index (χ4n) is 2.19. The zero-order chi connectivity index (χ0) is 16.0. The maximum atomic E-state index is 8.95. The Hall–Kier alpha value is -1.77. The lowest BCUT2D eigenvalue weighted by Crippen LogP contribution is -2.41. The van der Waals surface area contributed by atoms with Gasteiger partial charge in [0.05, 0.1) is 11.2 Å². The monoisotopic (exact) mass is 302 g/mol. The van der Waals surface area contributed by atoms with Crippen LogP contribution < -0.4 is 5.46 Å². The van der Waals surface area contributed by atoms with E-state index in [0.29, 0.717) is 5.82 Å². The molecule has 0 aliphatic carbocycles. The number of aromatic nitrogens is 4. The number of aliphatic hydroxyl groups excluding tert-OH is 1. The van der Waals surface area contributed by atoms with Crippen molar-refractivity contribution in [2.75, 3.05) is 0 Å². The van der Waals surface area contributed by atoms with Crippen LogP contribution in [-0.4, -0.2) is 43.6 Å². The molecule has 1 aromatic carbocycles. The van der Waals surface area contributed by atoms with Gasteiger partial charge in [0.1, 0.15) is 0 Å². The number of nitrogens with zero attached hydrogens (tertiary/aromatic N) is 4. The van der Waals surface area contributed by atoms with E-state index in [2.05, 4.69) is 15.4 Å². The fourth-order valence-corrected chi connectivity index (χ4v) is 2.19. The molecule has 7 nitrogen and oxygen atoms in total. The summed E-state index contributed by atoms with van der Waals surface area (Å²) in [5.74, 6) is 0.467. The van der Waals surface area contributed by atoms with E-state index in [1.54, 1.807) is 0 Å². The highest BCUT2D eigenvalue weighted by Crippen LogP contribution is 2.36. The molecular formula is C14H19BN4O3. The van der Waals surface area contributed by atoms with Crippen LogP contribution in [0.5, 0.6) is 0 Å². The summed E-state index contributed by atoms with van der Waals surface area (Å²) in [5.41, 5.74) is 1.04. The second-order valence-electron chi connectivity index (χ2n) is 6.34. The van der Waals surface area contributed by atoms with Crippen LogP contribution in [-0.2, 0) is 16.0 Å². The summed E-state index contributed by atoms with van der Waals surface area (Å²) in [7, 11) is -0.389. The lowest BCUT2D eigenvalue weighted by atomic mass is 9.79. The van der Waals surface area contributed by atoms with Gasteiger partial charge in [-0.1, -0.05) is 24.3 Å². The first kappa shape index (κ1) is 15.1. The van der Waals surface area contributed by atoms with Gasteiger partial charge in [-0.05, 0) is 38.4 Å². The lowest BCUT2D eigenvalue weighted by molar-refractivity contribution is 0.00578. The standard InChI is InChI=1S/C14H19BN4O3/c1-13(2)14(3,4)22-15(21-13)11-7-5-10(6-8-11)12-16-18-19(9-20)17-12/h5-8,20H,9H2,1-4H3. The molecule has 8 heteroatoms. The molecule has 1 aromatic heterocycles. The molecule has 0 spiro atoms. The van der Waals surface area contributed by atoms with Crippen LogP contribution in [0.4, 0.5) is 0 Å². The summed E-state index contributed by atoms with van der Waals surface area (Å²) < 4.78 is 12.0. The number of hydrogen-bond acceptors (Lipinski definition) is 6. The van der Waals surface area contributed by atoms with E-state index in [1.165, 1.54) is 0 Å². The molecule has 1 fully saturated rings. The van der Waals surface area contributed by atoms with Crippen LogP contribution in [0.1, 0.15) is 27.7 Å². The van der Waals surface area contributed by atoms with Crippen molar-refractivity contribution in [2.24, 2.45) is 0 Å². The van der Waals surface area contributed by atoms with Crippen molar-refractivity contribution in [3.05, 3.63) is 24.3 Å². The van der Waals surface area contributed by atoms with Gasteiger partial charge in [0, 0.05) is 5.56 Å². The van der Waals surface area contributed by atoms with Crippen LogP contribution in [0, 0.1) is 0 Å².